The van der Waals surface area contributed by atoms with Crippen LogP contribution in [0.5, 0.6) is 0 Å². The van der Waals surface area contributed by atoms with Crippen LogP contribution in [0, 0.1) is 12.8 Å². The van der Waals surface area contributed by atoms with Crippen LogP contribution < -0.4 is 10.7 Å². The lowest BCUT2D eigenvalue weighted by Crippen LogP contribution is -2.43. The normalized spacial score (nSPS) is 15.5. The molecule has 0 bridgehead atoms. The molecule has 1 fully saturated rings. The molecule has 0 aromatic carbocycles. The van der Waals surface area contributed by atoms with E-state index in [1.807, 2.05) is 6.92 Å². The highest BCUT2D eigenvalue weighted by molar-refractivity contribution is 5.96. The number of aryl methyl sites for hydroxylation is 1. The van der Waals surface area contributed by atoms with Crippen LogP contribution in [0.4, 0.5) is 0 Å². The molecule has 0 radical (unpaired) electrons. The van der Waals surface area contributed by atoms with E-state index in [2.05, 4.69) is 15.3 Å². The Morgan fingerprint density at radius 1 is 1.29 bits per heavy atom. The van der Waals surface area contributed by atoms with Crippen molar-refractivity contribution < 1.29 is 9.59 Å². The number of rotatable bonds is 2. The molecule has 2 aromatic rings. The molecule has 2 N–H and O–H groups in total. The molecule has 3 heterocycles. The Kier molecular flexibility index (Phi) is 4.33. The summed E-state index contributed by atoms with van der Waals surface area (Å²) >= 11 is 0. The SMILES string of the molecule is CNC(=O)C1CCN(C(=O)c2c[nH]c3nc(C)ccc3c2=O)CC1. The zero-order chi connectivity index (χ0) is 17.3. The van der Waals surface area contributed by atoms with E-state index < -0.39 is 0 Å². The number of nitrogens with one attached hydrogen (secondary N) is 2. The van der Waals surface area contributed by atoms with Crippen LogP contribution in [0.15, 0.2) is 23.1 Å². The highest BCUT2D eigenvalue weighted by atomic mass is 16.2. The van der Waals surface area contributed by atoms with Gasteiger partial charge in [-0.15, -0.1) is 0 Å². The van der Waals surface area contributed by atoms with Crippen LogP contribution in [0.2, 0.25) is 0 Å². The second-order valence-corrected chi connectivity index (χ2v) is 6.06. The predicted molar refractivity (Wildman–Crippen MR) is 89.8 cm³/mol. The molecule has 126 valence electrons. The van der Waals surface area contributed by atoms with Crippen molar-refractivity contribution in [3.8, 4) is 0 Å². The molecular formula is C17H20N4O3. The monoisotopic (exact) mass is 328 g/mol. The number of amides is 2. The van der Waals surface area contributed by atoms with E-state index in [9.17, 15) is 14.4 Å². The molecule has 0 saturated carbocycles. The third-order valence-electron chi connectivity index (χ3n) is 4.51. The van der Waals surface area contributed by atoms with E-state index in [-0.39, 0.29) is 28.7 Å². The van der Waals surface area contributed by atoms with Gasteiger partial charge in [0, 0.05) is 37.9 Å². The first kappa shape index (κ1) is 16.2. The lowest BCUT2D eigenvalue weighted by Gasteiger charge is -2.31. The smallest absolute Gasteiger partial charge is 0.259 e. The third-order valence-corrected chi connectivity index (χ3v) is 4.51. The van der Waals surface area contributed by atoms with Crippen LogP contribution in [-0.4, -0.2) is 46.8 Å². The lowest BCUT2D eigenvalue weighted by molar-refractivity contribution is -0.125. The van der Waals surface area contributed by atoms with Crippen LogP contribution >= 0.6 is 0 Å². The maximum absolute atomic E-state index is 12.7. The first-order chi connectivity index (χ1) is 11.5. The Labute approximate surface area is 139 Å². The van der Waals surface area contributed by atoms with Crippen molar-refractivity contribution in [3.05, 3.63) is 39.8 Å². The van der Waals surface area contributed by atoms with Crippen molar-refractivity contribution in [2.45, 2.75) is 19.8 Å². The predicted octanol–water partition coefficient (Wildman–Crippen LogP) is 0.830. The molecule has 1 aliphatic heterocycles. The van der Waals surface area contributed by atoms with Gasteiger partial charge in [-0.25, -0.2) is 4.98 Å². The van der Waals surface area contributed by atoms with E-state index >= 15 is 0 Å². The largest absolute Gasteiger partial charge is 0.359 e. The van der Waals surface area contributed by atoms with Crippen molar-refractivity contribution in [2.24, 2.45) is 5.92 Å². The Morgan fingerprint density at radius 3 is 2.67 bits per heavy atom. The van der Waals surface area contributed by atoms with Gasteiger partial charge in [0.1, 0.15) is 11.2 Å². The molecule has 0 spiro atoms. The molecule has 7 heteroatoms. The van der Waals surface area contributed by atoms with Crippen molar-refractivity contribution in [1.82, 2.24) is 20.2 Å². The van der Waals surface area contributed by atoms with Crippen molar-refractivity contribution in [2.75, 3.05) is 20.1 Å². The molecule has 3 rings (SSSR count). The molecule has 0 unspecified atom stereocenters. The molecule has 0 aliphatic carbocycles. The molecular weight excluding hydrogens is 308 g/mol. The number of hydrogen-bond donors (Lipinski definition) is 2. The van der Waals surface area contributed by atoms with Gasteiger partial charge in [-0.05, 0) is 31.9 Å². The number of likely N-dealkylation sites (tertiary alicyclic amines) is 1. The average molecular weight is 328 g/mol. The minimum absolute atomic E-state index is 0.00657. The second kappa shape index (κ2) is 6.43. The highest BCUT2D eigenvalue weighted by Crippen LogP contribution is 2.19. The van der Waals surface area contributed by atoms with Crippen LogP contribution in [0.3, 0.4) is 0 Å². The average Bonchev–Trinajstić information content (AvgIpc) is 2.61. The number of pyridine rings is 2. The number of carbonyl (C=O) groups excluding carboxylic acids is 2. The minimum Gasteiger partial charge on any atom is -0.359 e. The zero-order valence-electron chi connectivity index (χ0n) is 13.8. The van der Waals surface area contributed by atoms with Gasteiger partial charge in [-0.1, -0.05) is 0 Å². The van der Waals surface area contributed by atoms with Gasteiger partial charge in [0.2, 0.25) is 11.3 Å². The third kappa shape index (κ3) is 2.89. The molecule has 2 amide bonds. The first-order valence-electron chi connectivity index (χ1n) is 8.01. The standard InChI is InChI=1S/C17H20N4O3/c1-10-3-4-12-14(22)13(9-19-15(12)20-10)17(24)21-7-5-11(6-8-21)16(23)18-2/h3-4,9,11H,5-8H2,1-2H3,(H,18,23)(H,19,20,22). The minimum atomic E-state index is -0.310. The van der Waals surface area contributed by atoms with Crippen molar-refractivity contribution in [1.29, 1.82) is 0 Å². The Hall–Kier alpha value is -2.70. The van der Waals surface area contributed by atoms with Gasteiger partial charge < -0.3 is 15.2 Å². The van der Waals surface area contributed by atoms with E-state index in [0.29, 0.717) is 37.0 Å². The van der Waals surface area contributed by atoms with Crippen LogP contribution in [-0.2, 0) is 4.79 Å². The van der Waals surface area contributed by atoms with Gasteiger partial charge in [-0.2, -0.15) is 0 Å². The summed E-state index contributed by atoms with van der Waals surface area (Å²) in [7, 11) is 1.62. The van der Waals surface area contributed by atoms with Crippen LogP contribution in [0.25, 0.3) is 11.0 Å². The maximum atomic E-state index is 12.7. The Morgan fingerprint density at radius 2 is 2.00 bits per heavy atom. The number of fused-ring (bicyclic) bond motifs is 1. The van der Waals surface area contributed by atoms with Gasteiger partial charge in [-0.3, -0.25) is 14.4 Å². The van der Waals surface area contributed by atoms with E-state index in [1.165, 1.54) is 6.20 Å². The summed E-state index contributed by atoms with van der Waals surface area (Å²) in [5.41, 5.74) is 1.09. The summed E-state index contributed by atoms with van der Waals surface area (Å²) in [5, 5.41) is 3.05. The fourth-order valence-corrected chi connectivity index (χ4v) is 3.08. The van der Waals surface area contributed by atoms with E-state index in [1.54, 1.807) is 24.1 Å². The first-order valence-corrected chi connectivity index (χ1v) is 8.01. The number of hydrogen-bond acceptors (Lipinski definition) is 4. The number of H-pyrrole nitrogens is 1. The summed E-state index contributed by atoms with van der Waals surface area (Å²) in [4.78, 5) is 45.7. The summed E-state index contributed by atoms with van der Waals surface area (Å²) in [6, 6.07) is 3.44. The molecule has 1 aliphatic rings. The summed E-state index contributed by atoms with van der Waals surface area (Å²) in [6.45, 7) is 2.79. The van der Waals surface area contributed by atoms with E-state index in [0.717, 1.165) is 5.69 Å². The fourth-order valence-electron chi connectivity index (χ4n) is 3.08. The summed E-state index contributed by atoms with van der Waals surface area (Å²) < 4.78 is 0. The van der Waals surface area contributed by atoms with Gasteiger partial charge in [0.05, 0.1) is 5.39 Å². The van der Waals surface area contributed by atoms with Gasteiger partial charge >= 0.3 is 0 Å². The zero-order valence-corrected chi connectivity index (χ0v) is 13.8. The highest BCUT2D eigenvalue weighted by Gasteiger charge is 2.28. The number of nitrogens with zero attached hydrogens (tertiary/aromatic N) is 2. The fraction of sp³-hybridized carbons (Fsp3) is 0.412. The topological polar surface area (TPSA) is 95.2 Å². The van der Waals surface area contributed by atoms with Crippen molar-refractivity contribution in [3.63, 3.8) is 0 Å². The summed E-state index contributed by atoms with van der Waals surface area (Å²) in [6.07, 6.45) is 2.65. The Bertz CT molecular complexity index is 851. The maximum Gasteiger partial charge on any atom is 0.259 e. The number of aromatic amines is 1. The molecule has 2 aromatic heterocycles. The second-order valence-electron chi connectivity index (χ2n) is 6.06. The van der Waals surface area contributed by atoms with E-state index in [4.69, 9.17) is 0 Å². The van der Waals surface area contributed by atoms with Crippen LogP contribution in [0.1, 0.15) is 28.9 Å². The molecule has 0 atom stereocenters. The number of aromatic nitrogens is 2. The van der Waals surface area contributed by atoms with Gasteiger partial charge in [0.15, 0.2) is 0 Å². The summed E-state index contributed by atoms with van der Waals surface area (Å²) in [5.74, 6) is -0.359. The molecule has 24 heavy (non-hydrogen) atoms. The van der Waals surface area contributed by atoms with Gasteiger partial charge in [0.25, 0.3) is 5.91 Å². The molecule has 1 saturated heterocycles. The Balaban J connectivity index is 1.82. The molecule has 7 nitrogen and oxygen atoms in total. The number of carbonyl (C=O) groups is 2. The number of piperidine rings is 1. The quantitative estimate of drug-likeness (QED) is 0.853. The van der Waals surface area contributed by atoms with Crippen molar-refractivity contribution >= 4 is 22.8 Å². The lowest BCUT2D eigenvalue weighted by atomic mass is 9.95.